The molecule has 0 unspecified atom stereocenters. The molecule has 0 aromatic heterocycles. The minimum absolute atomic E-state index is 0.150. The van der Waals surface area contributed by atoms with Gasteiger partial charge in [0.1, 0.15) is 6.17 Å². The predicted molar refractivity (Wildman–Crippen MR) is 104 cm³/mol. The van der Waals surface area contributed by atoms with Crippen LogP contribution >= 0.6 is 0 Å². The van der Waals surface area contributed by atoms with Crippen LogP contribution in [0.1, 0.15) is 11.7 Å². The van der Waals surface area contributed by atoms with Gasteiger partial charge in [0, 0.05) is 26.2 Å². The van der Waals surface area contributed by atoms with Crippen LogP contribution in [0.25, 0.3) is 0 Å². The molecule has 2 saturated heterocycles. The number of benzene rings is 2. The van der Waals surface area contributed by atoms with Crippen LogP contribution in [0.2, 0.25) is 0 Å². The van der Waals surface area contributed by atoms with Crippen molar-refractivity contribution in [3.8, 4) is 0 Å². The topological polar surface area (TPSA) is 70.2 Å². The summed E-state index contributed by atoms with van der Waals surface area (Å²) in [4.78, 5) is 16.8. The molecule has 7 nitrogen and oxygen atoms in total. The molecule has 28 heavy (non-hydrogen) atoms. The Kier molecular flexibility index (Phi) is 5.34. The number of carbonyl (C=O) groups is 1. The Hall–Kier alpha value is -2.42. The first-order valence-corrected chi connectivity index (χ1v) is 10.8. The van der Waals surface area contributed by atoms with Crippen molar-refractivity contribution in [2.75, 3.05) is 39.4 Å². The molecule has 0 bridgehead atoms. The van der Waals surface area contributed by atoms with Gasteiger partial charge in [0.05, 0.1) is 18.1 Å². The third kappa shape index (κ3) is 3.50. The van der Waals surface area contributed by atoms with Crippen molar-refractivity contribution < 1.29 is 17.9 Å². The maximum absolute atomic E-state index is 13.3. The monoisotopic (exact) mass is 401 g/mol. The summed E-state index contributed by atoms with van der Waals surface area (Å²) in [6.45, 7) is 2.64. The van der Waals surface area contributed by atoms with Gasteiger partial charge in [-0.2, -0.15) is 4.31 Å². The third-order valence-electron chi connectivity index (χ3n) is 5.10. The number of sulfonamides is 1. The molecule has 1 atom stereocenters. The van der Waals surface area contributed by atoms with Gasteiger partial charge < -0.3 is 14.5 Å². The largest absolute Gasteiger partial charge is 0.378 e. The first-order valence-electron chi connectivity index (χ1n) is 9.34. The van der Waals surface area contributed by atoms with Crippen molar-refractivity contribution in [2.45, 2.75) is 11.1 Å². The molecule has 0 aliphatic carbocycles. The van der Waals surface area contributed by atoms with Crippen molar-refractivity contribution in [1.82, 2.24) is 14.1 Å². The summed E-state index contributed by atoms with van der Waals surface area (Å²) in [7, 11) is -3.74. The number of hydrogen-bond donors (Lipinski definition) is 0. The summed E-state index contributed by atoms with van der Waals surface area (Å²) in [5, 5.41) is 0. The number of nitrogens with zero attached hydrogens (tertiary/aromatic N) is 3. The normalized spacial score (nSPS) is 21.1. The van der Waals surface area contributed by atoms with Crippen LogP contribution in [-0.2, 0) is 14.8 Å². The molecule has 0 radical (unpaired) electrons. The van der Waals surface area contributed by atoms with Crippen LogP contribution in [0.5, 0.6) is 0 Å². The fourth-order valence-corrected chi connectivity index (χ4v) is 5.29. The van der Waals surface area contributed by atoms with Crippen molar-refractivity contribution in [2.24, 2.45) is 0 Å². The van der Waals surface area contributed by atoms with E-state index in [2.05, 4.69) is 0 Å². The zero-order valence-electron chi connectivity index (χ0n) is 15.5. The van der Waals surface area contributed by atoms with Crippen molar-refractivity contribution in [3.05, 3.63) is 66.2 Å². The number of rotatable bonds is 3. The molecule has 2 heterocycles. The van der Waals surface area contributed by atoms with E-state index >= 15 is 0 Å². The number of urea groups is 1. The van der Waals surface area contributed by atoms with Crippen LogP contribution in [-0.4, -0.2) is 67.9 Å². The van der Waals surface area contributed by atoms with Gasteiger partial charge in [-0.25, -0.2) is 13.2 Å². The second-order valence-electron chi connectivity index (χ2n) is 6.79. The fraction of sp³-hybridized carbons (Fsp3) is 0.350. The Balaban J connectivity index is 1.70. The highest BCUT2D eigenvalue weighted by molar-refractivity contribution is 7.89. The molecule has 0 saturated carbocycles. The Labute approximate surface area is 165 Å². The standard InChI is InChI=1S/C20H23N3O4S/c24-20(21-13-15-27-16-14-21)22-11-12-23(19(22)17-7-3-1-4-8-17)28(25,26)18-9-5-2-6-10-18/h1-10,19H,11-16H2/t19-/m0/s1. The minimum Gasteiger partial charge on any atom is -0.378 e. The van der Waals surface area contributed by atoms with E-state index in [-0.39, 0.29) is 17.5 Å². The van der Waals surface area contributed by atoms with Gasteiger partial charge in [0.2, 0.25) is 10.0 Å². The maximum atomic E-state index is 13.3. The smallest absolute Gasteiger partial charge is 0.321 e. The summed E-state index contributed by atoms with van der Waals surface area (Å²) < 4.78 is 33.4. The average molecular weight is 401 g/mol. The number of morpholine rings is 1. The zero-order valence-corrected chi connectivity index (χ0v) is 16.3. The predicted octanol–water partition coefficient (Wildman–Crippen LogP) is 2.14. The third-order valence-corrected chi connectivity index (χ3v) is 6.97. The summed E-state index contributed by atoms with van der Waals surface area (Å²) in [5.74, 6) is 0. The van der Waals surface area contributed by atoms with E-state index in [4.69, 9.17) is 4.74 Å². The molecule has 2 aromatic rings. The van der Waals surface area contributed by atoms with Crippen molar-refractivity contribution in [3.63, 3.8) is 0 Å². The van der Waals surface area contributed by atoms with E-state index < -0.39 is 16.2 Å². The van der Waals surface area contributed by atoms with Gasteiger partial charge >= 0.3 is 6.03 Å². The number of ether oxygens (including phenoxy) is 1. The van der Waals surface area contributed by atoms with Crippen LogP contribution in [0, 0.1) is 0 Å². The Bertz CT molecular complexity index is 915. The quantitative estimate of drug-likeness (QED) is 0.790. The Morgan fingerprint density at radius 2 is 1.46 bits per heavy atom. The van der Waals surface area contributed by atoms with Crippen LogP contribution in [0.15, 0.2) is 65.6 Å². The van der Waals surface area contributed by atoms with E-state index in [0.717, 1.165) is 5.56 Å². The summed E-state index contributed by atoms with van der Waals surface area (Å²) in [6, 6.07) is 17.5. The Morgan fingerprint density at radius 1 is 0.857 bits per heavy atom. The fourth-order valence-electron chi connectivity index (χ4n) is 3.69. The lowest BCUT2D eigenvalue weighted by Gasteiger charge is -2.35. The molecule has 8 heteroatoms. The van der Waals surface area contributed by atoms with E-state index in [1.807, 2.05) is 30.3 Å². The van der Waals surface area contributed by atoms with Crippen LogP contribution in [0.4, 0.5) is 4.79 Å². The molecule has 2 aliphatic heterocycles. The lowest BCUT2D eigenvalue weighted by Crippen LogP contribution is -2.49. The molecule has 2 amide bonds. The molecule has 148 valence electrons. The first-order chi connectivity index (χ1) is 13.6. The van der Waals surface area contributed by atoms with Gasteiger partial charge in [-0.15, -0.1) is 0 Å². The number of amides is 2. The molecule has 0 N–H and O–H groups in total. The first kappa shape index (κ1) is 18.9. The summed E-state index contributed by atoms with van der Waals surface area (Å²) >= 11 is 0. The maximum Gasteiger partial charge on any atom is 0.321 e. The summed E-state index contributed by atoms with van der Waals surface area (Å²) in [6.07, 6.45) is -0.665. The van der Waals surface area contributed by atoms with E-state index in [1.165, 1.54) is 4.31 Å². The van der Waals surface area contributed by atoms with Crippen LogP contribution < -0.4 is 0 Å². The number of hydrogen-bond acceptors (Lipinski definition) is 4. The zero-order chi connectivity index (χ0) is 19.6. The van der Waals surface area contributed by atoms with E-state index in [9.17, 15) is 13.2 Å². The molecule has 2 fully saturated rings. The second-order valence-corrected chi connectivity index (χ2v) is 8.68. The lowest BCUT2D eigenvalue weighted by atomic mass is 10.1. The Morgan fingerprint density at radius 3 is 2.11 bits per heavy atom. The van der Waals surface area contributed by atoms with Gasteiger partial charge in [0.25, 0.3) is 0 Å². The van der Waals surface area contributed by atoms with Crippen molar-refractivity contribution >= 4 is 16.1 Å². The highest BCUT2D eigenvalue weighted by Crippen LogP contribution is 2.35. The van der Waals surface area contributed by atoms with Crippen molar-refractivity contribution in [1.29, 1.82) is 0 Å². The highest BCUT2D eigenvalue weighted by Gasteiger charge is 2.44. The molecular weight excluding hydrogens is 378 g/mol. The molecule has 4 rings (SSSR count). The van der Waals surface area contributed by atoms with E-state index in [0.29, 0.717) is 32.8 Å². The number of carbonyl (C=O) groups excluding carboxylic acids is 1. The highest BCUT2D eigenvalue weighted by atomic mass is 32.2. The molecule has 2 aromatic carbocycles. The average Bonchev–Trinajstić information content (AvgIpc) is 3.21. The van der Waals surface area contributed by atoms with Crippen LogP contribution in [0.3, 0.4) is 0 Å². The second kappa shape index (κ2) is 7.90. The van der Waals surface area contributed by atoms with Gasteiger partial charge in [0.15, 0.2) is 0 Å². The van der Waals surface area contributed by atoms with Gasteiger partial charge in [-0.3, -0.25) is 0 Å². The van der Waals surface area contributed by atoms with E-state index in [1.54, 1.807) is 40.1 Å². The minimum atomic E-state index is -3.74. The molecule has 2 aliphatic rings. The molecular formula is C20H23N3O4S. The molecule has 0 spiro atoms. The summed E-state index contributed by atoms with van der Waals surface area (Å²) in [5.41, 5.74) is 0.779. The van der Waals surface area contributed by atoms with Gasteiger partial charge in [-0.1, -0.05) is 48.5 Å². The van der Waals surface area contributed by atoms with Gasteiger partial charge in [-0.05, 0) is 17.7 Å². The SMILES string of the molecule is O=C(N1CCOCC1)N1CCN(S(=O)(=O)c2ccccc2)[C@H]1c1ccccc1. The lowest BCUT2D eigenvalue weighted by molar-refractivity contribution is 0.0400.